The minimum atomic E-state index is -0.952. The number of amides is 2. The molecule has 3 aromatic carbocycles. The smallest absolute Gasteiger partial charge is 0.264 e. The fraction of sp³-hybridized carbons (Fsp3) is 0.231. The Balaban J connectivity index is 1.39. The van der Waals surface area contributed by atoms with Crippen LogP contribution in [0.3, 0.4) is 0 Å². The summed E-state index contributed by atoms with van der Waals surface area (Å²) in [5.74, 6) is -0.757. The predicted octanol–water partition coefficient (Wildman–Crippen LogP) is 4.65. The number of anilines is 1. The van der Waals surface area contributed by atoms with Gasteiger partial charge in [-0.2, -0.15) is 0 Å². The third kappa shape index (κ3) is 4.62. The van der Waals surface area contributed by atoms with E-state index in [-0.39, 0.29) is 24.8 Å². The summed E-state index contributed by atoms with van der Waals surface area (Å²) in [7, 11) is 0. The molecular weight excluding hydrogens is 458 g/mol. The van der Waals surface area contributed by atoms with Crippen LogP contribution in [0.5, 0.6) is 17.2 Å². The summed E-state index contributed by atoms with van der Waals surface area (Å²) < 4.78 is 44.0. The number of halogens is 2. The molecule has 180 valence electrons. The molecule has 0 unspecified atom stereocenters. The van der Waals surface area contributed by atoms with Crippen LogP contribution in [0.1, 0.15) is 34.8 Å². The zero-order chi connectivity index (χ0) is 24.5. The SMILES string of the molecule is CC[C@@H]1Oc2ccc(NC(=O)c3ccc(F)cc3F)cc2CN(Cc2ccc3c(c2)OCO3)C1=O. The number of nitrogens with zero attached hydrogens (tertiary/aromatic N) is 1. The molecule has 0 saturated carbocycles. The summed E-state index contributed by atoms with van der Waals surface area (Å²) in [6.07, 6.45) is -0.169. The average Bonchev–Trinajstić information content (AvgIpc) is 3.25. The number of fused-ring (bicyclic) bond motifs is 2. The second kappa shape index (κ2) is 9.25. The Morgan fingerprint density at radius 3 is 2.63 bits per heavy atom. The lowest BCUT2D eigenvalue weighted by molar-refractivity contribution is -0.139. The number of nitrogens with one attached hydrogen (secondary N) is 1. The minimum Gasteiger partial charge on any atom is -0.480 e. The van der Waals surface area contributed by atoms with E-state index in [4.69, 9.17) is 14.2 Å². The first-order chi connectivity index (χ1) is 16.9. The maximum atomic E-state index is 14.0. The van der Waals surface area contributed by atoms with Gasteiger partial charge in [0.15, 0.2) is 17.6 Å². The third-order valence-corrected chi connectivity index (χ3v) is 5.89. The van der Waals surface area contributed by atoms with Gasteiger partial charge in [0.25, 0.3) is 11.8 Å². The molecule has 0 saturated heterocycles. The van der Waals surface area contributed by atoms with Crippen molar-refractivity contribution in [1.82, 2.24) is 4.90 Å². The first-order valence-corrected chi connectivity index (χ1v) is 11.1. The summed E-state index contributed by atoms with van der Waals surface area (Å²) >= 11 is 0. The van der Waals surface area contributed by atoms with Crippen LogP contribution in [0.4, 0.5) is 14.5 Å². The summed E-state index contributed by atoms with van der Waals surface area (Å²) in [6, 6.07) is 13.3. The number of ether oxygens (including phenoxy) is 3. The molecule has 9 heteroatoms. The van der Waals surface area contributed by atoms with E-state index < -0.39 is 23.6 Å². The van der Waals surface area contributed by atoms with Gasteiger partial charge in [-0.25, -0.2) is 8.78 Å². The zero-order valence-corrected chi connectivity index (χ0v) is 18.8. The molecule has 1 N–H and O–H groups in total. The highest BCUT2D eigenvalue weighted by atomic mass is 19.1. The Hall–Kier alpha value is -4.14. The van der Waals surface area contributed by atoms with E-state index in [0.717, 1.165) is 17.7 Å². The van der Waals surface area contributed by atoms with Crippen LogP contribution >= 0.6 is 0 Å². The Kier molecular flexibility index (Phi) is 5.98. The fourth-order valence-electron chi connectivity index (χ4n) is 4.11. The number of carbonyl (C=O) groups excluding carboxylic acids is 2. The van der Waals surface area contributed by atoms with Crippen molar-refractivity contribution in [3.8, 4) is 17.2 Å². The number of benzene rings is 3. The molecule has 0 aromatic heterocycles. The van der Waals surface area contributed by atoms with Crippen LogP contribution in [0.15, 0.2) is 54.6 Å². The van der Waals surface area contributed by atoms with Crippen molar-refractivity contribution >= 4 is 17.5 Å². The third-order valence-electron chi connectivity index (χ3n) is 5.89. The first kappa shape index (κ1) is 22.6. The number of rotatable bonds is 5. The predicted molar refractivity (Wildman–Crippen MR) is 122 cm³/mol. The molecule has 5 rings (SSSR count). The lowest BCUT2D eigenvalue weighted by atomic mass is 10.1. The van der Waals surface area contributed by atoms with E-state index in [0.29, 0.717) is 47.5 Å². The molecule has 3 aromatic rings. The van der Waals surface area contributed by atoms with Crippen LogP contribution < -0.4 is 19.5 Å². The van der Waals surface area contributed by atoms with E-state index in [1.165, 1.54) is 0 Å². The van der Waals surface area contributed by atoms with E-state index in [1.807, 2.05) is 25.1 Å². The van der Waals surface area contributed by atoms with Crippen LogP contribution in [-0.4, -0.2) is 29.6 Å². The molecule has 7 nitrogen and oxygen atoms in total. The van der Waals surface area contributed by atoms with Gasteiger partial charge in [-0.15, -0.1) is 0 Å². The average molecular weight is 480 g/mol. The summed E-state index contributed by atoms with van der Waals surface area (Å²) in [5, 5.41) is 2.63. The first-order valence-electron chi connectivity index (χ1n) is 11.1. The van der Waals surface area contributed by atoms with Crippen molar-refractivity contribution in [3.05, 3.63) is 82.9 Å². The standard InChI is InChI=1S/C26H22F2N2O5/c1-2-21-26(32)30(12-15-3-7-23-24(9-15)34-14-33-23)13-16-10-18(5-8-22(16)35-21)29-25(31)19-6-4-17(27)11-20(19)28/h3-11,21H,2,12-14H2,1H3,(H,29,31)/t21-/m0/s1. The molecule has 2 aliphatic heterocycles. The molecule has 0 fully saturated rings. The van der Waals surface area contributed by atoms with Crippen molar-refractivity contribution in [1.29, 1.82) is 0 Å². The van der Waals surface area contributed by atoms with Gasteiger partial charge in [-0.05, 0) is 54.4 Å². The van der Waals surface area contributed by atoms with Crippen LogP contribution in [0.2, 0.25) is 0 Å². The van der Waals surface area contributed by atoms with Crippen molar-refractivity contribution < 1.29 is 32.6 Å². The van der Waals surface area contributed by atoms with E-state index >= 15 is 0 Å². The van der Waals surface area contributed by atoms with Crippen LogP contribution in [0, 0.1) is 11.6 Å². The topological polar surface area (TPSA) is 77.1 Å². The molecule has 0 spiro atoms. The maximum absolute atomic E-state index is 14.0. The Labute approximate surface area is 200 Å². The van der Waals surface area contributed by atoms with Crippen LogP contribution in [0.25, 0.3) is 0 Å². The molecule has 2 amide bonds. The minimum absolute atomic E-state index is 0.152. The van der Waals surface area contributed by atoms with E-state index in [2.05, 4.69) is 5.32 Å². The van der Waals surface area contributed by atoms with E-state index in [9.17, 15) is 18.4 Å². The quantitative estimate of drug-likeness (QED) is 0.576. The van der Waals surface area contributed by atoms with Crippen molar-refractivity contribution in [2.24, 2.45) is 0 Å². The highest BCUT2D eigenvalue weighted by Gasteiger charge is 2.30. The van der Waals surface area contributed by atoms with Gasteiger partial charge in [0.05, 0.1) is 5.56 Å². The highest BCUT2D eigenvalue weighted by molar-refractivity contribution is 6.04. The largest absolute Gasteiger partial charge is 0.480 e. The molecule has 1 atom stereocenters. The van der Waals surface area contributed by atoms with Gasteiger partial charge in [0.2, 0.25) is 6.79 Å². The fourth-order valence-corrected chi connectivity index (χ4v) is 4.11. The van der Waals surface area contributed by atoms with Crippen molar-refractivity contribution in [3.63, 3.8) is 0 Å². The Bertz CT molecular complexity index is 1310. The molecule has 0 aliphatic carbocycles. The molecule has 0 bridgehead atoms. The van der Waals surface area contributed by atoms with Crippen LogP contribution in [-0.2, 0) is 17.9 Å². The lowest BCUT2D eigenvalue weighted by Crippen LogP contribution is -2.38. The second-order valence-corrected chi connectivity index (χ2v) is 8.30. The normalized spacial score (nSPS) is 16.4. The maximum Gasteiger partial charge on any atom is 0.264 e. The highest BCUT2D eigenvalue weighted by Crippen LogP contribution is 2.34. The molecule has 0 radical (unpaired) electrons. The number of hydrogen-bond donors (Lipinski definition) is 1. The molecule has 35 heavy (non-hydrogen) atoms. The van der Waals surface area contributed by atoms with Crippen molar-refractivity contribution in [2.45, 2.75) is 32.5 Å². The van der Waals surface area contributed by atoms with Gasteiger partial charge in [-0.1, -0.05) is 13.0 Å². The van der Waals surface area contributed by atoms with Gasteiger partial charge in [0, 0.05) is 30.4 Å². The van der Waals surface area contributed by atoms with Gasteiger partial charge < -0.3 is 24.4 Å². The summed E-state index contributed by atoms with van der Waals surface area (Å²) in [4.78, 5) is 27.4. The Morgan fingerprint density at radius 1 is 1.03 bits per heavy atom. The van der Waals surface area contributed by atoms with Gasteiger partial charge >= 0.3 is 0 Å². The van der Waals surface area contributed by atoms with Gasteiger partial charge in [0.1, 0.15) is 17.4 Å². The Morgan fingerprint density at radius 2 is 1.83 bits per heavy atom. The lowest BCUT2D eigenvalue weighted by Gasteiger charge is -2.23. The zero-order valence-electron chi connectivity index (χ0n) is 18.8. The van der Waals surface area contributed by atoms with Gasteiger partial charge in [-0.3, -0.25) is 9.59 Å². The van der Waals surface area contributed by atoms with E-state index in [1.54, 1.807) is 23.1 Å². The summed E-state index contributed by atoms with van der Waals surface area (Å²) in [6.45, 7) is 2.61. The van der Waals surface area contributed by atoms with Crippen molar-refractivity contribution in [2.75, 3.05) is 12.1 Å². The molecule has 2 aliphatic rings. The molecular formula is C26H22F2N2O5. The number of hydrogen-bond acceptors (Lipinski definition) is 5. The summed E-state index contributed by atoms with van der Waals surface area (Å²) in [5.41, 5.74) is 1.68. The second-order valence-electron chi connectivity index (χ2n) is 8.30. The number of carbonyl (C=O) groups is 2. The monoisotopic (exact) mass is 480 g/mol. The molecule has 2 heterocycles.